The van der Waals surface area contributed by atoms with Gasteiger partial charge in [-0.05, 0) is 55.6 Å². The smallest absolute Gasteiger partial charge is 0.317 e. The normalized spacial score (nSPS) is 17.2. The Morgan fingerprint density at radius 3 is 2.74 bits per heavy atom. The van der Waals surface area contributed by atoms with Gasteiger partial charge in [0.1, 0.15) is 5.65 Å². The second-order valence-electron chi connectivity index (χ2n) is 8.91. The Bertz CT molecular complexity index is 1360. The van der Waals surface area contributed by atoms with Crippen molar-refractivity contribution in [3.05, 3.63) is 54.4 Å². The first-order valence-corrected chi connectivity index (χ1v) is 13.2. The van der Waals surface area contributed by atoms with Crippen LogP contribution in [0.5, 0.6) is 0 Å². The van der Waals surface area contributed by atoms with Crippen molar-refractivity contribution in [3.63, 3.8) is 0 Å². The van der Waals surface area contributed by atoms with Gasteiger partial charge in [-0.1, -0.05) is 31.1 Å². The van der Waals surface area contributed by atoms with Crippen molar-refractivity contribution in [1.29, 1.82) is 0 Å². The topological polar surface area (TPSA) is 107 Å². The predicted molar refractivity (Wildman–Crippen MR) is 133 cm³/mol. The number of hydrogen-bond donors (Lipinski definition) is 3. The van der Waals surface area contributed by atoms with E-state index in [4.69, 9.17) is 0 Å². The number of amides is 2. The number of H-pyrrole nitrogens is 1. The zero-order valence-electron chi connectivity index (χ0n) is 19.2. The summed E-state index contributed by atoms with van der Waals surface area (Å²) in [6, 6.07) is 9.23. The summed E-state index contributed by atoms with van der Waals surface area (Å²) in [4.78, 5) is 22.5. The maximum Gasteiger partial charge on any atom is 0.317 e. The largest absolute Gasteiger partial charge is 0.346 e. The lowest BCUT2D eigenvalue weighted by Crippen LogP contribution is -2.45. The minimum absolute atomic E-state index is 0.0292. The molecule has 1 fully saturated rings. The van der Waals surface area contributed by atoms with Crippen LogP contribution in [-0.4, -0.2) is 55.5 Å². The Kier molecular flexibility index (Phi) is 6.14. The number of nitrogens with zero attached hydrogens (tertiary/aromatic N) is 2. The molecule has 2 amide bonds. The van der Waals surface area contributed by atoms with Crippen LogP contribution < -0.4 is 10.0 Å². The van der Waals surface area contributed by atoms with Crippen LogP contribution in [0.4, 0.5) is 4.79 Å². The molecule has 2 aromatic heterocycles. The molecule has 8 nitrogen and oxygen atoms in total. The molecule has 0 bridgehead atoms. The summed E-state index contributed by atoms with van der Waals surface area (Å²) in [7, 11) is -2.13. The third-order valence-electron chi connectivity index (χ3n) is 6.80. The lowest BCUT2D eigenvalue weighted by molar-refractivity contribution is 0.199. The van der Waals surface area contributed by atoms with Crippen molar-refractivity contribution < 1.29 is 13.2 Å². The number of sulfonamides is 1. The summed E-state index contributed by atoms with van der Waals surface area (Å²) in [5, 5.41) is 4.15. The number of fused-ring (bicyclic) bond motifs is 1. The maximum atomic E-state index is 12.6. The van der Waals surface area contributed by atoms with Gasteiger partial charge in [0.05, 0.1) is 4.90 Å². The van der Waals surface area contributed by atoms with Crippen LogP contribution in [0.1, 0.15) is 37.7 Å². The number of aromatic amines is 1. The van der Waals surface area contributed by atoms with Crippen LogP contribution in [0.2, 0.25) is 0 Å². The highest BCUT2D eigenvalue weighted by Crippen LogP contribution is 2.32. The quantitative estimate of drug-likeness (QED) is 0.516. The fourth-order valence-electron chi connectivity index (χ4n) is 4.82. The Labute approximate surface area is 199 Å². The van der Waals surface area contributed by atoms with Crippen molar-refractivity contribution in [2.24, 2.45) is 0 Å². The first-order chi connectivity index (χ1) is 16.4. The first kappa shape index (κ1) is 22.6. The third-order valence-corrected chi connectivity index (χ3v) is 8.21. The number of carbonyl (C=O) groups excluding carboxylic acids is 1. The summed E-state index contributed by atoms with van der Waals surface area (Å²) >= 11 is 0. The molecule has 34 heavy (non-hydrogen) atoms. The number of rotatable bonds is 5. The highest BCUT2D eigenvalue weighted by atomic mass is 32.2. The van der Waals surface area contributed by atoms with Gasteiger partial charge in [0.2, 0.25) is 10.0 Å². The predicted octanol–water partition coefficient (Wildman–Crippen LogP) is 3.88. The van der Waals surface area contributed by atoms with Crippen LogP contribution in [0.15, 0.2) is 53.7 Å². The molecule has 0 unspecified atom stereocenters. The van der Waals surface area contributed by atoms with Gasteiger partial charge in [0.25, 0.3) is 0 Å². The van der Waals surface area contributed by atoms with Gasteiger partial charge in [-0.2, -0.15) is 0 Å². The number of hydrogen-bond acceptors (Lipinski definition) is 4. The van der Waals surface area contributed by atoms with E-state index in [-0.39, 0.29) is 10.9 Å². The Balaban J connectivity index is 1.38. The molecule has 178 valence electrons. The van der Waals surface area contributed by atoms with E-state index >= 15 is 0 Å². The molecule has 2 aliphatic rings. The van der Waals surface area contributed by atoms with Gasteiger partial charge in [0, 0.05) is 48.0 Å². The average Bonchev–Trinajstić information content (AvgIpc) is 3.53. The van der Waals surface area contributed by atoms with E-state index in [1.807, 2.05) is 23.2 Å². The number of carbonyl (C=O) groups is 1. The SMILES string of the molecule is CNS(=O)(=O)c1cccc(-c2cnc3[nH]cc(C4=CCN(C(=O)NC5CCCC5)CC4)c3c2)c1. The van der Waals surface area contributed by atoms with Crippen LogP contribution in [0, 0.1) is 0 Å². The Hall–Kier alpha value is -3.17. The van der Waals surface area contributed by atoms with E-state index in [1.54, 1.807) is 24.4 Å². The summed E-state index contributed by atoms with van der Waals surface area (Å²) in [5.74, 6) is 0. The molecule has 3 aromatic rings. The number of aromatic nitrogens is 2. The molecule has 1 aliphatic carbocycles. The monoisotopic (exact) mass is 479 g/mol. The molecular weight excluding hydrogens is 450 g/mol. The summed E-state index contributed by atoms with van der Waals surface area (Å²) in [6.45, 7) is 1.26. The van der Waals surface area contributed by atoms with Gasteiger partial charge in [0.15, 0.2) is 0 Å². The lowest BCUT2D eigenvalue weighted by atomic mass is 9.98. The van der Waals surface area contributed by atoms with Crippen molar-refractivity contribution in [2.45, 2.75) is 43.0 Å². The van der Waals surface area contributed by atoms with Gasteiger partial charge in [-0.3, -0.25) is 0 Å². The number of nitrogens with one attached hydrogen (secondary N) is 3. The lowest BCUT2D eigenvalue weighted by Gasteiger charge is -2.28. The van der Waals surface area contributed by atoms with Gasteiger partial charge in [-0.15, -0.1) is 0 Å². The van der Waals surface area contributed by atoms with Crippen molar-refractivity contribution in [1.82, 2.24) is 24.9 Å². The van der Waals surface area contributed by atoms with Crippen molar-refractivity contribution in [3.8, 4) is 11.1 Å². The molecule has 5 rings (SSSR count). The van der Waals surface area contributed by atoms with Crippen LogP contribution in [-0.2, 0) is 10.0 Å². The Morgan fingerprint density at radius 1 is 1.18 bits per heavy atom. The standard InChI is InChI=1S/C25H29N5O3S/c1-26-34(32,33)21-8-4-5-18(13-21)19-14-22-23(16-28-24(22)27-15-19)17-9-11-30(12-10-17)25(31)29-20-6-2-3-7-20/h4-5,8-9,13-16,20,26H,2-3,6-7,10-12H2,1H3,(H,27,28)(H,29,31). The summed E-state index contributed by atoms with van der Waals surface area (Å²) in [6.07, 6.45) is 11.1. The fourth-order valence-corrected chi connectivity index (χ4v) is 5.60. The molecule has 0 atom stereocenters. The highest BCUT2D eigenvalue weighted by Gasteiger charge is 2.23. The zero-order valence-corrected chi connectivity index (χ0v) is 20.0. The minimum atomic E-state index is -3.53. The van der Waals surface area contributed by atoms with E-state index in [0.29, 0.717) is 19.1 Å². The molecule has 1 aromatic carbocycles. The molecule has 3 N–H and O–H groups in total. The maximum absolute atomic E-state index is 12.6. The van der Waals surface area contributed by atoms with Crippen molar-refractivity contribution >= 4 is 32.7 Å². The average molecular weight is 480 g/mol. The first-order valence-electron chi connectivity index (χ1n) is 11.7. The van der Waals surface area contributed by atoms with Gasteiger partial charge >= 0.3 is 6.03 Å². The third kappa shape index (κ3) is 4.45. The summed E-state index contributed by atoms with van der Waals surface area (Å²) < 4.78 is 26.8. The fraction of sp³-hybridized carbons (Fsp3) is 0.360. The van der Waals surface area contributed by atoms with E-state index in [1.165, 1.54) is 25.5 Å². The molecule has 0 radical (unpaired) electrons. The second kappa shape index (κ2) is 9.23. The van der Waals surface area contributed by atoms with E-state index in [9.17, 15) is 13.2 Å². The summed E-state index contributed by atoms with van der Waals surface area (Å²) in [5.41, 5.74) is 4.65. The molecule has 0 spiro atoms. The van der Waals surface area contributed by atoms with Crippen LogP contribution >= 0.6 is 0 Å². The van der Waals surface area contributed by atoms with E-state index in [0.717, 1.165) is 47.0 Å². The van der Waals surface area contributed by atoms with E-state index < -0.39 is 10.0 Å². The zero-order chi connectivity index (χ0) is 23.7. The molecule has 3 heterocycles. The van der Waals surface area contributed by atoms with Gasteiger partial charge in [-0.25, -0.2) is 22.9 Å². The molecular formula is C25H29N5O3S. The molecule has 1 saturated carbocycles. The number of benzene rings is 1. The number of pyridine rings is 1. The van der Waals surface area contributed by atoms with Crippen LogP contribution in [0.25, 0.3) is 27.7 Å². The molecule has 1 aliphatic heterocycles. The van der Waals surface area contributed by atoms with Crippen LogP contribution in [0.3, 0.4) is 0 Å². The molecule has 0 saturated heterocycles. The highest BCUT2D eigenvalue weighted by molar-refractivity contribution is 7.89. The van der Waals surface area contributed by atoms with Crippen molar-refractivity contribution in [2.75, 3.05) is 20.1 Å². The minimum Gasteiger partial charge on any atom is -0.346 e. The van der Waals surface area contributed by atoms with Gasteiger partial charge < -0.3 is 15.2 Å². The number of urea groups is 1. The second-order valence-corrected chi connectivity index (χ2v) is 10.8. The molecule has 9 heteroatoms. The van der Waals surface area contributed by atoms with E-state index in [2.05, 4.69) is 26.1 Å². The Morgan fingerprint density at radius 2 is 2.00 bits per heavy atom.